The van der Waals surface area contributed by atoms with Crippen molar-refractivity contribution in [3.8, 4) is 0 Å². The average molecular weight is 318 g/mol. The van der Waals surface area contributed by atoms with E-state index >= 15 is 0 Å². The van der Waals surface area contributed by atoms with Gasteiger partial charge in [-0.05, 0) is 32.4 Å². The van der Waals surface area contributed by atoms with Crippen LogP contribution in [-0.2, 0) is 4.74 Å². The fourth-order valence-electron chi connectivity index (χ4n) is 3.00. The Balaban J connectivity index is 1.97. The summed E-state index contributed by atoms with van der Waals surface area (Å²) < 4.78 is 10.4. The van der Waals surface area contributed by atoms with Crippen molar-refractivity contribution in [1.29, 1.82) is 0 Å². The van der Waals surface area contributed by atoms with E-state index in [1.54, 1.807) is 13.2 Å². The Morgan fingerprint density at radius 2 is 2.43 bits per heavy atom. The monoisotopic (exact) mass is 318 g/mol. The summed E-state index contributed by atoms with van der Waals surface area (Å²) in [5, 5.41) is 11.2. The normalized spacial score (nSPS) is 18.3. The molecule has 1 fully saturated rings. The van der Waals surface area contributed by atoms with Crippen LogP contribution in [0.4, 0.5) is 0 Å². The fraction of sp³-hybridized carbons (Fsp3) is 0.562. The van der Waals surface area contributed by atoms with Crippen molar-refractivity contribution in [3.63, 3.8) is 0 Å². The van der Waals surface area contributed by atoms with Gasteiger partial charge in [-0.25, -0.2) is 4.98 Å². The molecule has 1 atom stereocenters. The van der Waals surface area contributed by atoms with Gasteiger partial charge in [0.25, 0.3) is 11.6 Å². The number of pyridine rings is 1. The van der Waals surface area contributed by atoms with Crippen LogP contribution in [0.25, 0.3) is 11.1 Å². The molecule has 0 saturated carbocycles. The number of nitrogens with one attached hydrogen (secondary N) is 2. The highest BCUT2D eigenvalue weighted by Crippen LogP contribution is 2.31. The Morgan fingerprint density at radius 3 is 3.17 bits per heavy atom. The minimum absolute atomic E-state index is 0.147. The lowest BCUT2D eigenvalue weighted by Gasteiger charge is -2.21. The van der Waals surface area contributed by atoms with Gasteiger partial charge in [-0.1, -0.05) is 5.16 Å². The molecule has 1 unspecified atom stereocenters. The molecule has 7 nitrogen and oxygen atoms in total. The third-order valence-electron chi connectivity index (χ3n) is 4.12. The molecule has 0 radical (unpaired) electrons. The van der Waals surface area contributed by atoms with Crippen molar-refractivity contribution in [2.45, 2.75) is 25.7 Å². The number of amides is 1. The SMILES string of the molecule is COCCNC(=O)c1cc(C)nc2onc(C3CCCNC3)c12. The molecule has 1 amide bonds. The molecule has 1 saturated heterocycles. The number of carbonyl (C=O) groups excluding carboxylic acids is 1. The molecule has 23 heavy (non-hydrogen) atoms. The van der Waals surface area contributed by atoms with E-state index in [4.69, 9.17) is 9.26 Å². The van der Waals surface area contributed by atoms with E-state index in [0.717, 1.165) is 42.7 Å². The molecule has 2 aromatic rings. The zero-order valence-electron chi connectivity index (χ0n) is 13.5. The predicted molar refractivity (Wildman–Crippen MR) is 85.6 cm³/mol. The maximum atomic E-state index is 12.5. The lowest BCUT2D eigenvalue weighted by molar-refractivity contribution is 0.0938. The zero-order chi connectivity index (χ0) is 16.2. The summed E-state index contributed by atoms with van der Waals surface area (Å²) >= 11 is 0. The molecular formula is C16H22N4O3. The van der Waals surface area contributed by atoms with Crippen LogP contribution in [-0.4, -0.2) is 49.4 Å². The first kappa shape index (κ1) is 15.9. The average Bonchev–Trinajstić information content (AvgIpc) is 2.98. The Hall–Kier alpha value is -1.99. The Kier molecular flexibility index (Phi) is 4.88. The number of methoxy groups -OCH3 is 1. The van der Waals surface area contributed by atoms with Gasteiger partial charge in [-0.15, -0.1) is 0 Å². The van der Waals surface area contributed by atoms with E-state index in [2.05, 4.69) is 20.8 Å². The molecule has 124 valence electrons. The van der Waals surface area contributed by atoms with Crippen LogP contribution >= 0.6 is 0 Å². The molecule has 0 bridgehead atoms. The Morgan fingerprint density at radius 1 is 1.57 bits per heavy atom. The van der Waals surface area contributed by atoms with Crippen molar-refractivity contribution in [3.05, 3.63) is 23.0 Å². The van der Waals surface area contributed by atoms with Gasteiger partial charge in [0.2, 0.25) is 0 Å². The summed E-state index contributed by atoms with van der Waals surface area (Å²) in [6.45, 7) is 4.65. The summed E-state index contributed by atoms with van der Waals surface area (Å²) in [5.74, 6) is 0.103. The van der Waals surface area contributed by atoms with Gasteiger partial charge in [-0.2, -0.15) is 0 Å². The first-order chi connectivity index (χ1) is 11.2. The van der Waals surface area contributed by atoms with Crippen molar-refractivity contribution in [2.24, 2.45) is 0 Å². The van der Waals surface area contributed by atoms with Gasteiger partial charge >= 0.3 is 0 Å². The second kappa shape index (κ2) is 7.06. The summed E-state index contributed by atoms with van der Waals surface area (Å²) in [6.07, 6.45) is 2.13. The van der Waals surface area contributed by atoms with Gasteiger partial charge in [0.1, 0.15) is 0 Å². The second-order valence-corrected chi connectivity index (χ2v) is 5.85. The van der Waals surface area contributed by atoms with E-state index in [-0.39, 0.29) is 11.8 Å². The number of hydrogen-bond donors (Lipinski definition) is 2. The van der Waals surface area contributed by atoms with Crippen LogP contribution in [0.15, 0.2) is 10.6 Å². The highest BCUT2D eigenvalue weighted by Gasteiger charge is 2.26. The largest absolute Gasteiger partial charge is 0.383 e. The van der Waals surface area contributed by atoms with Crippen LogP contribution in [0, 0.1) is 6.92 Å². The molecule has 7 heteroatoms. The van der Waals surface area contributed by atoms with Gasteiger partial charge < -0.3 is 19.9 Å². The number of aromatic nitrogens is 2. The lowest BCUT2D eigenvalue weighted by atomic mass is 9.93. The zero-order valence-corrected chi connectivity index (χ0v) is 13.5. The summed E-state index contributed by atoms with van der Waals surface area (Å²) in [6, 6.07) is 1.79. The molecule has 2 N–H and O–H groups in total. The highest BCUT2D eigenvalue weighted by molar-refractivity contribution is 6.06. The summed E-state index contributed by atoms with van der Waals surface area (Å²) in [4.78, 5) is 16.9. The van der Waals surface area contributed by atoms with E-state index in [1.165, 1.54) is 0 Å². The maximum absolute atomic E-state index is 12.5. The van der Waals surface area contributed by atoms with Crippen LogP contribution in [0.1, 0.15) is 40.5 Å². The molecule has 2 aromatic heterocycles. The standard InChI is InChI=1S/C16H22N4O3/c1-10-8-12(15(21)18-6-7-22-2)13-14(20-23-16(13)19-10)11-4-3-5-17-9-11/h8,11,17H,3-7,9H2,1-2H3,(H,18,21). The molecule has 3 rings (SSSR count). The molecular weight excluding hydrogens is 296 g/mol. The minimum Gasteiger partial charge on any atom is -0.383 e. The lowest BCUT2D eigenvalue weighted by Crippen LogP contribution is -2.29. The summed E-state index contributed by atoms with van der Waals surface area (Å²) in [5.41, 5.74) is 2.57. The van der Waals surface area contributed by atoms with Gasteiger partial charge in [0.15, 0.2) is 0 Å². The Bertz CT molecular complexity index is 692. The van der Waals surface area contributed by atoms with Gasteiger partial charge in [-0.3, -0.25) is 4.79 Å². The molecule has 0 aliphatic carbocycles. The quantitative estimate of drug-likeness (QED) is 0.810. The van der Waals surface area contributed by atoms with Gasteiger partial charge in [0, 0.05) is 31.8 Å². The fourth-order valence-corrected chi connectivity index (χ4v) is 3.00. The van der Waals surface area contributed by atoms with E-state index < -0.39 is 0 Å². The van der Waals surface area contributed by atoms with Crippen molar-refractivity contribution in [1.82, 2.24) is 20.8 Å². The van der Waals surface area contributed by atoms with Crippen LogP contribution in [0.3, 0.4) is 0 Å². The van der Waals surface area contributed by atoms with Crippen LogP contribution in [0.2, 0.25) is 0 Å². The highest BCUT2D eigenvalue weighted by atomic mass is 16.5. The molecule has 1 aliphatic rings. The molecule has 3 heterocycles. The first-order valence-corrected chi connectivity index (χ1v) is 7.95. The van der Waals surface area contributed by atoms with E-state index in [1.807, 2.05) is 6.92 Å². The van der Waals surface area contributed by atoms with Crippen LogP contribution in [0.5, 0.6) is 0 Å². The number of ether oxygens (including phenoxy) is 1. The predicted octanol–water partition coefficient (Wildman–Crippen LogP) is 1.37. The first-order valence-electron chi connectivity index (χ1n) is 7.95. The van der Waals surface area contributed by atoms with E-state index in [9.17, 15) is 4.79 Å². The van der Waals surface area contributed by atoms with Crippen LogP contribution < -0.4 is 10.6 Å². The molecule has 0 spiro atoms. The third-order valence-corrected chi connectivity index (χ3v) is 4.12. The van der Waals surface area contributed by atoms with Crippen molar-refractivity contribution < 1.29 is 14.1 Å². The number of hydrogen-bond acceptors (Lipinski definition) is 6. The maximum Gasteiger partial charge on any atom is 0.259 e. The number of carbonyl (C=O) groups is 1. The number of aryl methyl sites for hydroxylation is 1. The van der Waals surface area contributed by atoms with Gasteiger partial charge in [0.05, 0.1) is 23.3 Å². The number of fused-ring (bicyclic) bond motifs is 1. The van der Waals surface area contributed by atoms with E-state index in [0.29, 0.717) is 24.4 Å². The molecule has 0 aromatic carbocycles. The van der Waals surface area contributed by atoms with Crippen molar-refractivity contribution >= 4 is 17.0 Å². The summed E-state index contributed by atoms with van der Waals surface area (Å²) in [7, 11) is 1.61. The number of nitrogens with zero attached hydrogens (tertiary/aromatic N) is 2. The Labute approximate surface area is 134 Å². The third kappa shape index (κ3) is 3.35. The smallest absolute Gasteiger partial charge is 0.259 e. The minimum atomic E-state index is -0.147. The van der Waals surface area contributed by atoms with Crippen molar-refractivity contribution in [2.75, 3.05) is 33.4 Å². The molecule has 1 aliphatic heterocycles. The number of piperidine rings is 1. The second-order valence-electron chi connectivity index (χ2n) is 5.85. The number of rotatable bonds is 5. The topological polar surface area (TPSA) is 89.3 Å².